The average molecular weight is 599 g/mol. The number of rotatable bonds is 31. The molecule has 0 aliphatic carbocycles. The molecule has 10 heteroatoms. The third kappa shape index (κ3) is 23.4. The number of aromatic hydroxyl groups is 1. The van der Waals surface area contributed by atoms with E-state index in [2.05, 4.69) is 13.5 Å². The van der Waals surface area contributed by atoms with Crippen molar-refractivity contribution >= 4 is 5.97 Å². The van der Waals surface area contributed by atoms with Crippen LogP contribution in [0.3, 0.4) is 0 Å². The van der Waals surface area contributed by atoms with E-state index in [4.69, 9.17) is 37.9 Å². The standard InChI is InChI=1S/C32H54O10/c1-3-5-6-7-8-9-10-11-29-12-13-30(33)31(28-29)41-26-24-39-22-20-37-18-16-35-14-15-36-17-19-38-21-23-40-25-27-42-32(34)4-2/h4,12-13,28,33H,2-3,5-11,14-27H2,1H3. The second-order valence-corrected chi connectivity index (χ2v) is 9.57. The Morgan fingerprint density at radius 1 is 0.667 bits per heavy atom. The molecule has 0 radical (unpaired) electrons. The predicted octanol–water partition coefficient (Wildman–Crippen LogP) is 4.89. The van der Waals surface area contributed by atoms with Crippen molar-refractivity contribution < 1.29 is 47.8 Å². The van der Waals surface area contributed by atoms with Crippen LogP contribution < -0.4 is 4.74 Å². The van der Waals surface area contributed by atoms with Crippen LogP contribution in [0.1, 0.15) is 57.4 Å². The van der Waals surface area contributed by atoms with Gasteiger partial charge in [-0.15, -0.1) is 0 Å². The summed E-state index contributed by atoms with van der Waals surface area (Å²) < 4.78 is 43.1. The summed E-state index contributed by atoms with van der Waals surface area (Å²) in [7, 11) is 0. The molecule has 242 valence electrons. The molecule has 0 atom stereocenters. The van der Waals surface area contributed by atoms with E-state index in [1.165, 1.54) is 44.1 Å². The van der Waals surface area contributed by atoms with Crippen LogP contribution in [0.25, 0.3) is 0 Å². The molecule has 0 amide bonds. The fraction of sp³-hybridized carbons (Fsp3) is 0.719. The number of esters is 1. The quantitative estimate of drug-likeness (QED) is 0.0720. The highest BCUT2D eigenvalue weighted by atomic mass is 16.6. The first kappa shape index (κ1) is 37.8. The summed E-state index contributed by atoms with van der Waals surface area (Å²) >= 11 is 0. The first-order chi connectivity index (χ1) is 20.7. The van der Waals surface area contributed by atoms with Gasteiger partial charge in [0.1, 0.15) is 13.2 Å². The number of ether oxygens (including phenoxy) is 8. The molecule has 0 unspecified atom stereocenters. The van der Waals surface area contributed by atoms with Gasteiger partial charge in [-0.25, -0.2) is 4.79 Å². The minimum Gasteiger partial charge on any atom is -0.504 e. The normalized spacial score (nSPS) is 11.1. The Bertz CT molecular complexity index is 774. The maximum Gasteiger partial charge on any atom is 0.330 e. The second kappa shape index (κ2) is 28.9. The van der Waals surface area contributed by atoms with Crippen molar-refractivity contribution in [2.45, 2.75) is 58.3 Å². The zero-order valence-electron chi connectivity index (χ0n) is 25.7. The number of phenolic OH excluding ortho intramolecular Hbond substituents is 1. The summed E-state index contributed by atoms with van der Waals surface area (Å²) in [6.45, 7) is 11.5. The number of carbonyl (C=O) groups is 1. The summed E-state index contributed by atoms with van der Waals surface area (Å²) in [4.78, 5) is 10.8. The van der Waals surface area contributed by atoms with Crippen molar-refractivity contribution in [3.05, 3.63) is 36.4 Å². The van der Waals surface area contributed by atoms with Crippen LogP contribution in [0.15, 0.2) is 30.9 Å². The van der Waals surface area contributed by atoms with Crippen LogP contribution in [0.5, 0.6) is 11.5 Å². The Hall–Kier alpha value is -2.21. The number of phenols is 1. The van der Waals surface area contributed by atoms with E-state index in [9.17, 15) is 9.90 Å². The lowest BCUT2D eigenvalue weighted by Crippen LogP contribution is -2.15. The molecule has 0 aliphatic rings. The Balaban J connectivity index is 1.84. The molecule has 0 aromatic heterocycles. The summed E-state index contributed by atoms with van der Waals surface area (Å²) in [5, 5.41) is 10.1. The molecule has 1 rings (SSSR count). The molecule has 0 spiro atoms. The van der Waals surface area contributed by atoms with E-state index in [1.54, 1.807) is 6.07 Å². The molecular formula is C32H54O10. The second-order valence-electron chi connectivity index (χ2n) is 9.57. The van der Waals surface area contributed by atoms with Gasteiger partial charge in [0, 0.05) is 6.08 Å². The third-order valence-electron chi connectivity index (χ3n) is 6.08. The average Bonchev–Trinajstić information content (AvgIpc) is 3.00. The lowest BCUT2D eigenvalue weighted by molar-refractivity contribution is -0.139. The van der Waals surface area contributed by atoms with Crippen molar-refractivity contribution in [2.75, 3.05) is 92.5 Å². The first-order valence-electron chi connectivity index (χ1n) is 15.4. The number of carbonyl (C=O) groups excluding carboxylic acids is 1. The van der Waals surface area contributed by atoms with Crippen LogP contribution in [-0.4, -0.2) is 104 Å². The van der Waals surface area contributed by atoms with Crippen LogP contribution in [0.2, 0.25) is 0 Å². The maximum atomic E-state index is 10.8. The fourth-order valence-electron chi connectivity index (χ4n) is 3.79. The lowest BCUT2D eigenvalue weighted by atomic mass is 10.0. The van der Waals surface area contributed by atoms with E-state index in [0.29, 0.717) is 91.6 Å². The highest BCUT2D eigenvalue weighted by Crippen LogP contribution is 2.27. The van der Waals surface area contributed by atoms with Crippen molar-refractivity contribution in [2.24, 2.45) is 0 Å². The van der Waals surface area contributed by atoms with Gasteiger partial charge in [-0.1, -0.05) is 58.1 Å². The van der Waals surface area contributed by atoms with Crippen molar-refractivity contribution in [3.8, 4) is 11.5 Å². The van der Waals surface area contributed by atoms with Gasteiger partial charge in [0.25, 0.3) is 0 Å². The SMILES string of the molecule is C=CC(=O)OCCOCCOCCOCCOCCOCCOCCOc1cc(CCCCCCCCC)ccc1O. The van der Waals surface area contributed by atoms with Gasteiger partial charge in [0.05, 0.1) is 79.3 Å². The van der Waals surface area contributed by atoms with Gasteiger partial charge in [0.15, 0.2) is 11.5 Å². The molecule has 1 N–H and O–H groups in total. The largest absolute Gasteiger partial charge is 0.504 e. The van der Waals surface area contributed by atoms with Crippen molar-refractivity contribution in [1.29, 1.82) is 0 Å². The predicted molar refractivity (Wildman–Crippen MR) is 161 cm³/mol. The van der Waals surface area contributed by atoms with Crippen molar-refractivity contribution in [3.63, 3.8) is 0 Å². The molecule has 0 heterocycles. The Morgan fingerprint density at radius 2 is 1.12 bits per heavy atom. The molecule has 0 saturated carbocycles. The van der Waals surface area contributed by atoms with Crippen LogP contribution in [-0.2, 0) is 44.4 Å². The van der Waals surface area contributed by atoms with Gasteiger partial charge in [-0.3, -0.25) is 0 Å². The van der Waals surface area contributed by atoms with Crippen LogP contribution in [0, 0.1) is 0 Å². The molecular weight excluding hydrogens is 544 g/mol. The Morgan fingerprint density at radius 3 is 1.62 bits per heavy atom. The van der Waals surface area contributed by atoms with Gasteiger partial charge >= 0.3 is 5.97 Å². The topological polar surface area (TPSA) is 111 Å². The zero-order valence-corrected chi connectivity index (χ0v) is 25.7. The molecule has 1 aromatic rings. The molecule has 0 saturated heterocycles. The monoisotopic (exact) mass is 598 g/mol. The van der Waals surface area contributed by atoms with E-state index >= 15 is 0 Å². The lowest BCUT2D eigenvalue weighted by Gasteiger charge is -2.11. The fourth-order valence-corrected chi connectivity index (χ4v) is 3.79. The van der Waals surface area contributed by atoms with Crippen LogP contribution in [0.4, 0.5) is 0 Å². The molecule has 1 aromatic carbocycles. The Kier molecular flexibility index (Phi) is 26.0. The molecule has 0 aliphatic heterocycles. The first-order valence-corrected chi connectivity index (χ1v) is 15.4. The zero-order chi connectivity index (χ0) is 30.4. The van der Waals surface area contributed by atoms with Crippen molar-refractivity contribution in [1.82, 2.24) is 0 Å². The number of benzene rings is 1. The molecule has 10 nitrogen and oxygen atoms in total. The maximum absolute atomic E-state index is 10.8. The summed E-state index contributed by atoms with van der Waals surface area (Å²) in [6.07, 6.45) is 11.1. The highest BCUT2D eigenvalue weighted by molar-refractivity contribution is 5.81. The summed E-state index contributed by atoms with van der Waals surface area (Å²) in [5.74, 6) is 0.209. The molecule has 0 fully saturated rings. The summed E-state index contributed by atoms with van der Waals surface area (Å²) in [5.41, 5.74) is 1.19. The van der Waals surface area contributed by atoms with E-state index in [-0.39, 0.29) is 12.4 Å². The van der Waals surface area contributed by atoms with E-state index in [1.807, 2.05) is 12.1 Å². The summed E-state index contributed by atoms with van der Waals surface area (Å²) in [6, 6.07) is 5.61. The van der Waals surface area contributed by atoms with Gasteiger partial charge in [0.2, 0.25) is 0 Å². The third-order valence-corrected chi connectivity index (χ3v) is 6.08. The van der Waals surface area contributed by atoms with Gasteiger partial charge < -0.3 is 43.0 Å². The number of hydrogen-bond donors (Lipinski definition) is 1. The van der Waals surface area contributed by atoms with E-state index in [0.717, 1.165) is 18.9 Å². The molecule has 0 bridgehead atoms. The highest BCUT2D eigenvalue weighted by Gasteiger charge is 2.05. The minimum atomic E-state index is -0.458. The van der Waals surface area contributed by atoms with Crippen LogP contribution >= 0.6 is 0 Å². The number of unbranched alkanes of at least 4 members (excludes halogenated alkanes) is 6. The number of aryl methyl sites for hydroxylation is 1. The van der Waals surface area contributed by atoms with Gasteiger partial charge in [-0.05, 0) is 30.5 Å². The smallest absolute Gasteiger partial charge is 0.330 e. The number of hydrogen-bond acceptors (Lipinski definition) is 10. The van der Waals surface area contributed by atoms with Gasteiger partial charge in [-0.2, -0.15) is 0 Å². The molecule has 42 heavy (non-hydrogen) atoms. The Labute approximate surface area is 252 Å². The van der Waals surface area contributed by atoms with E-state index < -0.39 is 5.97 Å². The minimum absolute atomic E-state index is 0.157.